The Morgan fingerprint density at radius 3 is 2.18 bits per heavy atom. The molecule has 0 atom stereocenters. The number of sulfonamides is 1. The van der Waals surface area contributed by atoms with Crippen LogP contribution in [0.25, 0.3) is 6.08 Å². The van der Waals surface area contributed by atoms with E-state index in [1.807, 2.05) is 30.3 Å². The zero-order valence-corrected chi connectivity index (χ0v) is 16.6. The third-order valence-electron chi connectivity index (χ3n) is 4.84. The Balaban J connectivity index is 1.58. The summed E-state index contributed by atoms with van der Waals surface area (Å²) in [6.07, 6.45) is 8.37. The largest absolute Gasteiger partial charge is 0.349 e. The van der Waals surface area contributed by atoms with Crippen molar-refractivity contribution < 1.29 is 13.2 Å². The topological polar surface area (TPSA) is 75.3 Å². The van der Waals surface area contributed by atoms with Gasteiger partial charge in [0, 0.05) is 17.3 Å². The molecule has 0 aliphatic heterocycles. The molecule has 6 heteroatoms. The van der Waals surface area contributed by atoms with Gasteiger partial charge < -0.3 is 5.32 Å². The molecule has 0 radical (unpaired) electrons. The maximum absolute atomic E-state index is 12.4. The maximum Gasteiger partial charge on any atom is 0.255 e. The van der Waals surface area contributed by atoms with Gasteiger partial charge in [-0.1, -0.05) is 56.0 Å². The van der Waals surface area contributed by atoms with Crippen LogP contribution in [0.1, 0.15) is 54.4 Å². The molecule has 2 N–H and O–H groups in total. The van der Waals surface area contributed by atoms with Crippen LogP contribution in [0, 0.1) is 0 Å². The number of benzene rings is 2. The van der Waals surface area contributed by atoms with E-state index in [9.17, 15) is 13.2 Å². The zero-order valence-electron chi connectivity index (χ0n) is 15.8. The number of rotatable bonds is 6. The number of anilines is 1. The summed E-state index contributed by atoms with van der Waals surface area (Å²) in [6.45, 7) is 0. The lowest BCUT2D eigenvalue weighted by atomic mass is 10.1. The van der Waals surface area contributed by atoms with E-state index in [1.165, 1.54) is 18.9 Å². The molecule has 0 bridgehead atoms. The highest BCUT2D eigenvalue weighted by Gasteiger charge is 2.16. The van der Waals surface area contributed by atoms with Gasteiger partial charge in [0.15, 0.2) is 0 Å². The van der Waals surface area contributed by atoms with Crippen LogP contribution in [-0.2, 0) is 10.0 Å². The minimum absolute atomic E-state index is 0.106. The Morgan fingerprint density at radius 1 is 0.893 bits per heavy atom. The van der Waals surface area contributed by atoms with Gasteiger partial charge in [0.05, 0.1) is 5.41 Å². The SMILES string of the molecule is O=C(NC1CCCCCC1)c1ccc(NS(=O)(=O)/C=C\c2ccccc2)cc1. The molecule has 1 saturated carbocycles. The molecule has 0 aromatic heterocycles. The van der Waals surface area contributed by atoms with Gasteiger partial charge in [0.25, 0.3) is 15.9 Å². The van der Waals surface area contributed by atoms with Gasteiger partial charge in [-0.3, -0.25) is 9.52 Å². The van der Waals surface area contributed by atoms with E-state index in [1.54, 1.807) is 24.3 Å². The Labute approximate surface area is 166 Å². The molecule has 1 aliphatic carbocycles. The molecular formula is C22H26N2O3S. The Kier molecular flexibility index (Phi) is 6.87. The number of hydrogen-bond donors (Lipinski definition) is 2. The van der Waals surface area contributed by atoms with Crippen LogP contribution in [0.5, 0.6) is 0 Å². The molecule has 28 heavy (non-hydrogen) atoms. The van der Waals surface area contributed by atoms with Crippen LogP contribution in [0.2, 0.25) is 0 Å². The number of carbonyl (C=O) groups is 1. The minimum atomic E-state index is -3.62. The minimum Gasteiger partial charge on any atom is -0.349 e. The standard InChI is InChI=1S/C22H26N2O3S/c25-22(23-20-10-6-1-2-7-11-20)19-12-14-21(15-13-19)24-28(26,27)17-16-18-8-4-3-5-9-18/h3-5,8-9,12-17,20,24H,1-2,6-7,10-11H2,(H,23,25)/b17-16-. The molecule has 1 aliphatic rings. The highest BCUT2D eigenvalue weighted by atomic mass is 32.2. The van der Waals surface area contributed by atoms with Gasteiger partial charge >= 0.3 is 0 Å². The first-order valence-electron chi connectivity index (χ1n) is 9.69. The summed E-state index contributed by atoms with van der Waals surface area (Å²) >= 11 is 0. The predicted molar refractivity (Wildman–Crippen MR) is 113 cm³/mol. The predicted octanol–water partition coefficient (Wildman–Crippen LogP) is 4.55. The normalized spacial score (nSPS) is 15.9. The van der Waals surface area contributed by atoms with Gasteiger partial charge in [-0.25, -0.2) is 8.42 Å². The number of nitrogens with one attached hydrogen (secondary N) is 2. The van der Waals surface area contributed by atoms with Crippen LogP contribution in [0.4, 0.5) is 5.69 Å². The lowest BCUT2D eigenvalue weighted by Gasteiger charge is -2.16. The van der Waals surface area contributed by atoms with E-state index < -0.39 is 10.0 Å². The summed E-state index contributed by atoms with van der Waals surface area (Å²) in [6, 6.07) is 16.0. The van der Waals surface area contributed by atoms with Crippen LogP contribution in [0.15, 0.2) is 60.0 Å². The molecule has 0 unspecified atom stereocenters. The van der Waals surface area contributed by atoms with Crippen molar-refractivity contribution in [2.24, 2.45) is 0 Å². The van der Waals surface area contributed by atoms with E-state index in [0.29, 0.717) is 11.3 Å². The van der Waals surface area contributed by atoms with E-state index in [2.05, 4.69) is 10.0 Å². The lowest BCUT2D eigenvalue weighted by Crippen LogP contribution is -2.34. The summed E-state index contributed by atoms with van der Waals surface area (Å²) in [5.74, 6) is -0.106. The van der Waals surface area contributed by atoms with Crippen molar-refractivity contribution in [3.05, 3.63) is 71.1 Å². The molecule has 5 nitrogen and oxygen atoms in total. The van der Waals surface area contributed by atoms with Crippen molar-refractivity contribution in [1.82, 2.24) is 5.32 Å². The number of carbonyl (C=O) groups excluding carboxylic acids is 1. The molecule has 148 valence electrons. The van der Waals surface area contributed by atoms with Crippen LogP contribution in [0.3, 0.4) is 0 Å². The molecule has 0 spiro atoms. The fourth-order valence-electron chi connectivity index (χ4n) is 3.31. The lowest BCUT2D eigenvalue weighted by molar-refractivity contribution is 0.0933. The summed E-state index contributed by atoms with van der Waals surface area (Å²) in [5, 5.41) is 4.23. The smallest absolute Gasteiger partial charge is 0.255 e. The summed E-state index contributed by atoms with van der Waals surface area (Å²) in [4.78, 5) is 12.4. The van der Waals surface area contributed by atoms with E-state index in [-0.39, 0.29) is 11.9 Å². The van der Waals surface area contributed by atoms with Gasteiger partial charge in [-0.15, -0.1) is 0 Å². The first-order valence-corrected chi connectivity index (χ1v) is 11.2. The Bertz CT molecular complexity index is 899. The highest BCUT2D eigenvalue weighted by molar-refractivity contribution is 7.95. The van der Waals surface area contributed by atoms with Gasteiger partial charge in [0.2, 0.25) is 0 Å². The van der Waals surface area contributed by atoms with E-state index >= 15 is 0 Å². The van der Waals surface area contributed by atoms with E-state index in [4.69, 9.17) is 0 Å². The average Bonchev–Trinajstić information content (AvgIpc) is 2.96. The zero-order chi connectivity index (χ0) is 19.8. The molecule has 0 saturated heterocycles. The molecule has 2 aromatic carbocycles. The summed E-state index contributed by atoms with van der Waals surface area (Å²) in [7, 11) is -3.62. The monoisotopic (exact) mass is 398 g/mol. The second-order valence-electron chi connectivity index (χ2n) is 7.10. The molecule has 1 fully saturated rings. The van der Waals surface area contributed by atoms with Crippen molar-refractivity contribution in [3.63, 3.8) is 0 Å². The Hall–Kier alpha value is -2.60. The van der Waals surface area contributed by atoms with Crippen LogP contribution < -0.4 is 10.0 Å². The van der Waals surface area contributed by atoms with Crippen molar-refractivity contribution in [1.29, 1.82) is 0 Å². The molecule has 2 aromatic rings. The fourth-order valence-corrected chi connectivity index (χ4v) is 4.18. The summed E-state index contributed by atoms with van der Waals surface area (Å²) < 4.78 is 26.9. The summed E-state index contributed by atoms with van der Waals surface area (Å²) in [5.41, 5.74) is 1.76. The highest BCUT2D eigenvalue weighted by Crippen LogP contribution is 2.18. The molecule has 3 rings (SSSR count). The molecule has 0 heterocycles. The second-order valence-corrected chi connectivity index (χ2v) is 8.67. The van der Waals surface area contributed by atoms with E-state index in [0.717, 1.165) is 36.7 Å². The van der Waals surface area contributed by atoms with Crippen molar-refractivity contribution in [2.75, 3.05) is 4.72 Å². The van der Waals surface area contributed by atoms with Gasteiger partial charge in [0.1, 0.15) is 0 Å². The fraction of sp³-hybridized carbons (Fsp3) is 0.318. The van der Waals surface area contributed by atoms with Crippen LogP contribution in [-0.4, -0.2) is 20.4 Å². The van der Waals surface area contributed by atoms with Crippen molar-refractivity contribution in [2.45, 2.75) is 44.6 Å². The maximum atomic E-state index is 12.4. The number of amides is 1. The van der Waals surface area contributed by atoms with Crippen molar-refractivity contribution >= 4 is 27.7 Å². The van der Waals surface area contributed by atoms with Crippen LogP contribution >= 0.6 is 0 Å². The van der Waals surface area contributed by atoms with Gasteiger partial charge in [-0.05, 0) is 48.7 Å². The molecular weight excluding hydrogens is 372 g/mol. The first kappa shape index (κ1) is 20.1. The Morgan fingerprint density at radius 2 is 1.54 bits per heavy atom. The van der Waals surface area contributed by atoms with Crippen molar-refractivity contribution in [3.8, 4) is 0 Å². The third kappa shape index (κ3) is 6.23. The second kappa shape index (κ2) is 9.55. The average molecular weight is 399 g/mol. The molecule has 1 amide bonds. The third-order valence-corrected chi connectivity index (χ3v) is 5.85. The number of hydrogen-bond acceptors (Lipinski definition) is 3. The first-order chi connectivity index (χ1) is 13.5. The van der Waals surface area contributed by atoms with Gasteiger partial charge in [-0.2, -0.15) is 0 Å². The quantitative estimate of drug-likeness (QED) is 0.701.